The number of para-hydroxylation sites is 1. The van der Waals surface area contributed by atoms with Crippen molar-refractivity contribution in [3.05, 3.63) is 53.0 Å². The summed E-state index contributed by atoms with van der Waals surface area (Å²) in [5.74, 6) is -0.191. The average Bonchev–Trinajstić information content (AvgIpc) is 3.33. The molecule has 2 amide bonds. The summed E-state index contributed by atoms with van der Waals surface area (Å²) >= 11 is 0. The first kappa shape index (κ1) is 17.9. The Morgan fingerprint density at radius 1 is 1.28 bits per heavy atom. The molecule has 0 unspecified atom stereocenters. The minimum Gasteiger partial charge on any atom is -0.376 e. The quantitative estimate of drug-likeness (QED) is 0.711. The lowest BCUT2D eigenvalue weighted by atomic mass is 9.97. The molecule has 2 N–H and O–H groups in total. The molecule has 29 heavy (non-hydrogen) atoms. The number of ether oxygens (including phenoxy) is 1. The Morgan fingerprint density at radius 2 is 2.07 bits per heavy atom. The Bertz CT molecular complexity index is 1080. The monoisotopic (exact) mass is 393 g/mol. The smallest absolute Gasteiger partial charge is 0.272 e. The third-order valence-corrected chi connectivity index (χ3v) is 6.12. The number of aromatic amines is 2. The normalized spacial score (nSPS) is 17.7. The Labute approximate surface area is 167 Å². The number of carbonyl (C=O) groups excluding carboxylic acids is 2. The molecule has 3 aromatic rings. The highest BCUT2D eigenvalue weighted by molar-refractivity contribution is 5.99. The highest BCUT2D eigenvalue weighted by atomic mass is 16.5. The Kier molecular flexibility index (Phi) is 3.99. The van der Waals surface area contributed by atoms with Crippen molar-refractivity contribution in [3.8, 4) is 0 Å². The van der Waals surface area contributed by atoms with Gasteiger partial charge in [-0.3, -0.25) is 14.7 Å². The fraction of sp³-hybridized carbons (Fsp3) is 0.381. The molecule has 0 aliphatic carbocycles. The number of likely N-dealkylation sites (N-methyl/N-ethyl adjacent to an activating group) is 1. The number of nitrogens with zero attached hydrogens (tertiary/aromatic N) is 3. The van der Waals surface area contributed by atoms with E-state index in [4.69, 9.17) is 4.74 Å². The second kappa shape index (κ2) is 6.45. The maximum absolute atomic E-state index is 13.1. The van der Waals surface area contributed by atoms with Crippen LogP contribution in [0.3, 0.4) is 0 Å². The summed E-state index contributed by atoms with van der Waals surface area (Å²) in [5, 5.41) is 8.25. The largest absolute Gasteiger partial charge is 0.376 e. The minimum absolute atomic E-state index is 0.0702. The predicted molar refractivity (Wildman–Crippen MR) is 107 cm³/mol. The molecular formula is C21H23N5O3. The molecule has 0 bridgehead atoms. The SMILES string of the molecule is CN(C(=O)c1[nH]nc2c1CN(C(=O)c1cc3ccccc3[nH]1)CC2)C1(C)COC1. The van der Waals surface area contributed by atoms with E-state index in [0.29, 0.717) is 44.1 Å². The molecule has 4 heterocycles. The fourth-order valence-electron chi connectivity index (χ4n) is 4.00. The molecule has 1 aromatic carbocycles. The van der Waals surface area contributed by atoms with Gasteiger partial charge in [-0.2, -0.15) is 5.10 Å². The zero-order valence-electron chi connectivity index (χ0n) is 16.5. The van der Waals surface area contributed by atoms with Gasteiger partial charge >= 0.3 is 0 Å². The summed E-state index contributed by atoms with van der Waals surface area (Å²) < 4.78 is 5.29. The van der Waals surface area contributed by atoms with E-state index in [1.165, 1.54) is 0 Å². The molecular weight excluding hydrogens is 370 g/mol. The van der Waals surface area contributed by atoms with Crippen LogP contribution in [0.2, 0.25) is 0 Å². The molecule has 8 nitrogen and oxygen atoms in total. The van der Waals surface area contributed by atoms with Crippen LogP contribution < -0.4 is 0 Å². The number of hydrogen-bond donors (Lipinski definition) is 2. The average molecular weight is 393 g/mol. The van der Waals surface area contributed by atoms with E-state index in [9.17, 15) is 9.59 Å². The standard InChI is InChI=1S/C21H23N5O3/c1-21(11-29-12-21)25(2)20(28)18-14-10-26(8-7-16(14)23-24-18)19(27)17-9-13-5-3-4-6-15(13)22-17/h3-6,9,22H,7-8,10-12H2,1-2H3,(H,23,24). The van der Waals surface area contributed by atoms with Gasteiger partial charge in [-0.25, -0.2) is 0 Å². The first-order valence-electron chi connectivity index (χ1n) is 9.75. The van der Waals surface area contributed by atoms with Gasteiger partial charge in [0.2, 0.25) is 0 Å². The fourth-order valence-corrected chi connectivity index (χ4v) is 4.00. The van der Waals surface area contributed by atoms with Gasteiger partial charge in [0.25, 0.3) is 11.8 Å². The van der Waals surface area contributed by atoms with Crippen molar-refractivity contribution in [3.63, 3.8) is 0 Å². The summed E-state index contributed by atoms with van der Waals surface area (Å²) in [4.78, 5) is 32.8. The van der Waals surface area contributed by atoms with Gasteiger partial charge in [0, 0.05) is 36.5 Å². The molecule has 0 atom stereocenters. The highest BCUT2D eigenvalue weighted by Gasteiger charge is 2.41. The van der Waals surface area contributed by atoms with Gasteiger partial charge in [0.05, 0.1) is 31.0 Å². The molecule has 150 valence electrons. The molecule has 1 fully saturated rings. The van der Waals surface area contributed by atoms with Gasteiger partial charge in [-0.05, 0) is 19.1 Å². The van der Waals surface area contributed by atoms with E-state index in [2.05, 4.69) is 15.2 Å². The van der Waals surface area contributed by atoms with Crippen LogP contribution in [0.15, 0.2) is 30.3 Å². The molecule has 2 aliphatic rings. The zero-order chi connectivity index (χ0) is 20.2. The van der Waals surface area contributed by atoms with Gasteiger partial charge in [-0.1, -0.05) is 18.2 Å². The Hall–Kier alpha value is -3.13. The minimum atomic E-state index is -0.302. The third kappa shape index (κ3) is 2.82. The lowest BCUT2D eigenvalue weighted by molar-refractivity contribution is -0.108. The molecule has 1 saturated heterocycles. The van der Waals surface area contributed by atoms with Gasteiger partial charge in [0.1, 0.15) is 11.4 Å². The first-order chi connectivity index (χ1) is 14.0. The second-order valence-corrected chi connectivity index (χ2v) is 8.12. The Balaban J connectivity index is 1.39. The van der Waals surface area contributed by atoms with Crippen molar-refractivity contribution >= 4 is 22.7 Å². The number of aromatic nitrogens is 3. The van der Waals surface area contributed by atoms with Crippen LogP contribution in [0.25, 0.3) is 10.9 Å². The van der Waals surface area contributed by atoms with Gasteiger partial charge in [0.15, 0.2) is 0 Å². The van der Waals surface area contributed by atoms with Crippen molar-refractivity contribution in [2.24, 2.45) is 0 Å². The van der Waals surface area contributed by atoms with Crippen LogP contribution in [0.4, 0.5) is 0 Å². The van der Waals surface area contributed by atoms with Crippen LogP contribution in [0.5, 0.6) is 0 Å². The lowest BCUT2D eigenvalue weighted by Gasteiger charge is -2.45. The number of carbonyl (C=O) groups is 2. The first-order valence-corrected chi connectivity index (χ1v) is 9.75. The van der Waals surface area contributed by atoms with Crippen molar-refractivity contribution in [1.82, 2.24) is 25.0 Å². The molecule has 0 spiro atoms. The second-order valence-electron chi connectivity index (χ2n) is 8.12. The lowest BCUT2D eigenvalue weighted by Crippen LogP contribution is -2.60. The highest BCUT2D eigenvalue weighted by Crippen LogP contribution is 2.28. The van der Waals surface area contributed by atoms with Gasteiger partial charge in [-0.15, -0.1) is 0 Å². The van der Waals surface area contributed by atoms with E-state index in [1.807, 2.05) is 37.3 Å². The molecule has 0 radical (unpaired) electrons. The van der Waals surface area contributed by atoms with Crippen molar-refractivity contribution < 1.29 is 14.3 Å². The van der Waals surface area contributed by atoms with Gasteiger partial charge < -0.3 is 19.5 Å². The molecule has 2 aliphatic heterocycles. The van der Waals surface area contributed by atoms with Crippen LogP contribution in [0, 0.1) is 0 Å². The maximum Gasteiger partial charge on any atom is 0.272 e. The van der Waals surface area contributed by atoms with Crippen molar-refractivity contribution in [2.45, 2.75) is 25.4 Å². The maximum atomic E-state index is 13.1. The zero-order valence-corrected chi connectivity index (χ0v) is 16.5. The summed E-state index contributed by atoms with van der Waals surface area (Å²) in [6.45, 7) is 3.99. The predicted octanol–water partition coefficient (Wildman–Crippen LogP) is 1.95. The number of benzene rings is 1. The molecule has 5 rings (SSSR count). The van der Waals surface area contributed by atoms with E-state index >= 15 is 0 Å². The number of fused-ring (bicyclic) bond motifs is 2. The number of H-pyrrole nitrogens is 2. The topological polar surface area (TPSA) is 94.3 Å². The number of hydrogen-bond acceptors (Lipinski definition) is 4. The van der Waals surface area contributed by atoms with Crippen LogP contribution in [-0.2, 0) is 17.7 Å². The number of nitrogens with one attached hydrogen (secondary N) is 2. The van der Waals surface area contributed by atoms with E-state index in [0.717, 1.165) is 22.2 Å². The van der Waals surface area contributed by atoms with Crippen molar-refractivity contribution in [2.75, 3.05) is 26.8 Å². The van der Waals surface area contributed by atoms with E-state index in [-0.39, 0.29) is 17.4 Å². The third-order valence-electron chi connectivity index (χ3n) is 6.12. The molecule has 2 aromatic heterocycles. The summed E-state index contributed by atoms with van der Waals surface area (Å²) in [6, 6.07) is 9.69. The summed E-state index contributed by atoms with van der Waals surface area (Å²) in [5.41, 5.74) is 3.32. The van der Waals surface area contributed by atoms with Crippen LogP contribution >= 0.6 is 0 Å². The van der Waals surface area contributed by atoms with Crippen LogP contribution in [0.1, 0.15) is 39.2 Å². The Morgan fingerprint density at radius 3 is 2.79 bits per heavy atom. The van der Waals surface area contributed by atoms with Crippen molar-refractivity contribution in [1.29, 1.82) is 0 Å². The number of amides is 2. The van der Waals surface area contributed by atoms with Crippen LogP contribution in [-0.4, -0.2) is 69.1 Å². The number of rotatable bonds is 3. The summed E-state index contributed by atoms with van der Waals surface area (Å²) in [7, 11) is 1.79. The van der Waals surface area contributed by atoms with E-state index in [1.54, 1.807) is 16.8 Å². The summed E-state index contributed by atoms with van der Waals surface area (Å²) in [6.07, 6.45) is 0.620. The molecule has 8 heteroatoms. The molecule has 0 saturated carbocycles. The van der Waals surface area contributed by atoms with E-state index < -0.39 is 0 Å².